The Morgan fingerprint density at radius 1 is 1.17 bits per heavy atom. The van der Waals surface area contributed by atoms with Crippen LogP contribution in [-0.2, 0) is 28.9 Å². The summed E-state index contributed by atoms with van der Waals surface area (Å²) in [5.74, 6) is 0.620. The van der Waals surface area contributed by atoms with E-state index in [0.29, 0.717) is 19.0 Å². The zero-order valence-electron chi connectivity index (χ0n) is 18.2. The third kappa shape index (κ3) is 8.86. The summed E-state index contributed by atoms with van der Waals surface area (Å²) in [7, 11) is -3.39. The molecule has 0 fully saturated rings. The Labute approximate surface area is 201 Å². The van der Waals surface area contributed by atoms with Crippen molar-refractivity contribution in [3.05, 3.63) is 51.0 Å². The molecule has 0 saturated carbocycles. The number of nitrogens with one attached hydrogen (secondary N) is 3. The number of rotatable bonds is 9. The molecule has 2 rings (SSSR count). The number of aryl methyl sites for hydroxylation is 2. The van der Waals surface area contributed by atoms with Crippen molar-refractivity contribution in [1.82, 2.24) is 20.3 Å². The molecule has 168 valence electrons. The monoisotopic (exact) mass is 565 g/mol. The van der Waals surface area contributed by atoms with E-state index in [9.17, 15) is 8.42 Å². The Hall–Kier alpha value is -1.24. The number of aromatic nitrogens is 1. The number of guanidine groups is 1. The fraction of sp³-hybridized carbons (Fsp3) is 0.500. The van der Waals surface area contributed by atoms with E-state index in [4.69, 9.17) is 0 Å². The summed E-state index contributed by atoms with van der Waals surface area (Å²) in [6, 6.07) is 7.38. The second-order valence-electron chi connectivity index (χ2n) is 7.10. The van der Waals surface area contributed by atoms with Crippen LogP contribution >= 0.6 is 35.3 Å². The normalized spacial score (nSPS) is 12.0. The lowest BCUT2D eigenvalue weighted by Crippen LogP contribution is -2.36. The van der Waals surface area contributed by atoms with Crippen LogP contribution < -0.4 is 15.4 Å². The van der Waals surface area contributed by atoms with E-state index in [1.807, 2.05) is 52.0 Å². The first kappa shape index (κ1) is 26.8. The third-order valence-electron chi connectivity index (χ3n) is 4.11. The average molecular weight is 566 g/mol. The van der Waals surface area contributed by atoms with Crippen LogP contribution in [0.15, 0.2) is 29.3 Å². The molecule has 0 saturated heterocycles. The van der Waals surface area contributed by atoms with Crippen molar-refractivity contribution in [2.75, 3.05) is 6.54 Å². The van der Waals surface area contributed by atoms with Crippen LogP contribution in [0.5, 0.6) is 0 Å². The van der Waals surface area contributed by atoms with E-state index in [1.165, 1.54) is 4.88 Å². The van der Waals surface area contributed by atoms with Crippen molar-refractivity contribution >= 4 is 51.3 Å². The zero-order chi connectivity index (χ0) is 21.4. The first-order valence-electron chi connectivity index (χ1n) is 9.72. The van der Waals surface area contributed by atoms with Crippen molar-refractivity contribution in [3.63, 3.8) is 0 Å². The lowest BCUT2D eigenvalue weighted by Gasteiger charge is -2.13. The molecule has 0 aliphatic heterocycles. The maximum absolute atomic E-state index is 12.3. The summed E-state index contributed by atoms with van der Waals surface area (Å²) in [6.07, 6.45) is 0. The predicted octanol–water partition coefficient (Wildman–Crippen LogP) is 3.46. The highest BCUT2D eigenvalue weighted by atomic mass is 127. The zero-order valence-corrected chi connectivity index (χ0v) is 22.1. The smallest absolute Gasteiger partial charge is 0.216 e. The van der Waals surface area contributed by atoms with Crippen LogP contribution in [0, 0.1) is 13.8 Å². The molecule has 0 aliphatic rings. The van der Waals surface area contributed by atoms with Gasteiger partial charge in [0.2, 0.25) is 10.0 Å². The van der Waals surface area contributed by atoms with Crippen molar-refractivity contribution in [3.8, 4) is 0 Å². The van der Waals surface area contributed by atoms with E-state index < -0.39 is 10.0 Å². The van der Waals surface area contributed by atoms with Gasteiger partial charge in [-0.2, -0.15) is 0 Å². The Kier molecular flexibility index (Phi) is 11.2. The third-order valence-corrected chi connectivity index (χ3v) is 6.71. The molecule has 1 heterocycles. The van der Waals surface area contributed by atoms with Gasteiger partial charge < -0.3 is 10.6 Å². The number of halogens is 1. The maximum atomic E-state index is 12.3. The van der Waals surface area contributed by atoms with Crippen LogP contribution in [0.2, 0.25) is 0 Å². The maximum Gasteiger partial charge on any atom is 0.216 e. The second kappa shape index (κ2) is 12.6. The molecule has 0 amide bonds. The molecule has 30 heavy (non-hydrogen) atoms. The number of benzene rings is 1. The summed E-state index contributed by atoms with van der Waals surface area (Å²) in [6.45, 7) is 11.4. The van der Waals surface area contributed by atoms with Gasteiger partial charge in [0.15, 0.2) is 5.96 Å². The van der Waals surface area contributed by atoms with Gasteiger partial charge in [0.05, 0.1) is 24.5 Å². The first-order chi connectivity index (χ1) is 13.7. The molecule has 10 heteroatoms. The number of nitrogens with zero attached hydrogens (tertiary/aromatic N) is 2. The van der Waals surface area contributed by atoms with Crippen LogP contribution in [0.3, 0.4) is 0 Å². The highest BCUT2D eigenvalue weighted by Gasteiger charge is 2.15. The molecular weight excluding hydrogens is 533 g/mol. The molecule has 2 aromatic rings. The summed E-state index contributed by atoms with van der Waals surface area (Å²) >= 11 is 1.67. The van der Waals surface area contributed by atoms with Gasteiger partial charge in [0.25, 0.3) is 0 Å². The van der Waals surface area contributed by atoms with Crippen LogP contribution in [0.25, 0.3) is 0 Å². The Morgan fingerprint density at radius 3 is 2.40 bits per heavy atom. The van der Waals surface area contributed by atoms with Gasteiger partial charge in [-0.05, 0) is 45.7 Å². The summed E-state index contributed by atoms with van der Waals surface area (Å²) in [4.78, 5) is 10.4. The van der Waals surface area contributed by atoms with E-state index in [-0.39, 0.29) is 35.8 Å². The van der Waals surface area contributed by atoms with Gasteiger partial charge in [-0.25, -0.2) is 23.1 Å². The minimum absolute atomic E-state index is 0. The number of thiazole rings is 1. The molecule has 0 spiro atoms. The molecule has 1 aromatic heterocycles. The van der Waals surface area contributed by atoms with Crippen LogP contribution in [0.4, 0.5) is 0 Å². The van der Waals surface area contributed by atoms with Gasteiger partial charge >= 0.3 is 0 Å². The Morgan fingerprint density at radius 2 is 1.83 bits per heavy atom. The molecule has 1 aromatic carbocycles. The standard InChI is InChI=1S/C20H31N5O2S2.HI/c1-6-21-20(23-12-19-24-15(4)16(5)28-19)22-11-17-9-7-8-10-18(17)13-29(26,27)25-14(2)3;/h7-10,14,25H,6,11-13H2,1-5H3,(H2,21,22,23);1H. The molecule has 3 N–H and O–H groups in total. The van der Waals surface area contributed by atoms with Crippen molar-refractivity contribution in [2.24, 2.45) is 4.99 Å². The quantitative estimate of drug-likeness (QED) is 0.246. The topological polar surface area (TPSA) is 95.5 Å². The number of hydrogen-bond acceptors (Lipinski definition) is 5. The lowest BCUT2D eigenvalue weighted by atomic mass is 10.1. The van der Waals surface area contributed by atoms with Gasteiger partial charge in [0.1, 0.15) is 5.01 Å². The highest BCUT2D eigenvalue weighted by Crippen LogP contribution is 2.16. The molecule has 7 nitrogen and oxygen atoms in total. The molecule has 0 aliphatic carbocycles. The molecule has 0 radical (unpaired) electrons. The lowest BCUT2D eigenvalue weighted by molar-refractivity contribution is 0.569. The molecule has 0 unspecified atom stereocenters. The second-order valence-corrected chi connectivity index (χ2v) is 10.1. The van der Waals surface area contributed by atoms with Gasteiger partial charge in [0, 0.05) is 17.5 Å². The Bertz CT molecular complexity index is 923. The molecule has 0 atom stereocenters. The van der Waals surface area contributed by atoms with E-state index in [2.05, 4.69) is 32.3 Å². The molecule has 0 bridgehead atoms. The minimum Gasteiger partial charge on any atom is -0.357 e. The van der Waals surface area contributed by atoms with Gasteiger partial charge in [-0.15, -0.1) is 35.3 Å². The van der Waals surface area contributed by atoms with Crippen molar-refractivity contribution in [2.45, 2.75) is 59.5 Å². The van der Waals surface area contributed by atoms with Gasteiger partial charge in [-0.3, -0.25) is 0 Å². The van der Waals surface area contributed by atoms with Gasteiger partial charge in [-0.1, -0.05) is 24.3 Å². The van der Waals surface area contributed by atoms with E-state index >= 15 is 0 Å². The SMILES string of the molecule is CCNC(=NCc1ccccc1CS(=O)(=O)NC(C)C)NCc1nc(C)c(C)s1.I. The van der Waals surface area contributed by atoms with E-state index in [0.717, 1.165) is 28.4 Å². The average Bonchev–Trinajstić information content (AvgIpc) is 2.95. The number of sulfonamides is 1. The fourth-order valence-electron chi connectivity index (χ4n) is 2.74. The largest absolute Gasteiger partial charge is 0.357 e. The Balaban J connectivity index is 0.00000450. The number of hydrogen-bond donors (Lipinski definition) is 3. The van der Waals surface area contributed by atoms with Crippen molar-refractivity contribution in [1.29, 1.82) is 0 Å². The first-order valence-corrected chi connectivity index (χ1v) is 12.2. The fourth-order valence-corrected chi connectivity index (χ4v) is 5.10. The van der Waals surface area contributed by atoms with Crippen LogP contribution in [-0.4, -0.2) is 31.9 Å². The minimum atomic E-state index is -3.39. The molecular formula is C20H32IN5O2S2. The van der Waals surface area contributed by atoms with Crippen molar-refractivity contribution < 1.29 is 8.42 Å². The summed E-state index contributed by atoms with van der Waals surface area (Å²) in [5, 5.41) is 7.53. The highest BCUT2D eigenvalue weighted by molar-refractivity contribution is 14.0. The predicted molar refractivity (Wildman–Crippen MR) is 136 cm³/mol. The van der Waals surface area contributed by atoms with E-state index in [1.54, 1.807) is 11.3 Å². The number of aliphatic imine (C=N–C) groups is 1. The summed E-state index contributed by atoms with van der Waals surface area (Å²) < 4.78 is 27.3. The van der Waals surface area contributed by atoms with Crippen LogP contribution in [0.1, 0.15) is 47.5 Å². The summed E-state index contributed by atoms with van der Waals surface area (Å²) in [5.41, 5.74) is 2.70.